The van der Waals surface area contributed by atoms with Crippen LogP contribution in [-0.4, -0.2) is 116 Å². The van der Waals surface area contributed by atoms with Gasteiger partial charge in [0.15, 0.2) is 6.29 Å². The van der Waals surface area contributed by atoms with Crippen LogP contribution in [0, 0.1) is 5.92 Å². The van der Waals surface area contributed by atoms with Crippen LogP contribution in [0.5, 0.6) is 11.5 Å². The molecule has 0 spiro atoms. The minimum absolute atomic E-state index is 0.0108. The molecule has 1 aliphatic carbocycles. The van der Waals surface area contributed by atoms with E-state index in [1.54, 1.807) is 0 Å². The highest BCUT2D eigenvalue weighted by molar-refractivity contribution is 5.54. The van der Waals surface area contributed by atoms with E-state index in [0.717, 1.165) is 49.7 Å². The molecule has 0 amide bonds. The maximum Gasteiger partial charge on any atom is 0.229 e. The molecule has 12 heteroatoms. The van der Waals surface area contributed by atoms with Gasteiger partial charge in [-0.15, -0.1) is 0 Å². The Morgan fingerprint density at radius 1 is 0.864 bits per heavy atom. The van der Waals surface area contributed by atoms with E-state index in [1.807, 2.05) is 6.07 Å². The number of ether oxygens (including phenoxy) is 5. The number of aliphatic hydroxyl groups excluding tert-OH is 7. The number of hydrogen-bond acceptors (Lipinski definition) is 12. The summed E-state index contributed by atoms with van der Waals surface area (Å²) >= 11 is 0. The average molecular weight is 625 g/mol. The molecule has 2 saturated heterocycles. The predicted octanol–water partition coefficient (Wildman–Crippen LogP) is 0.643. The van der Waals surface area contributed by atoms with Crippen LogP contribution in [0.1, 0.15) is 69.9 Å². The normalized spacial score (nSPS) is 39.7. The lowest BCUT2D eigenvalue weighted by Crippen LogP contribution is -2.65. The Morgan fingerprint density at radius 3 is 2.27 bits per heavy atom. The fourth-order valence-electron chi connectivity index (χ4n) is 6.93. The number of hydrogen-bond donors (Lipinski definition) is 7. The van der Waals surface area contributed by atoms with Crippen molar-refractivity contribution in [2.75, 3.05) is 13.2 Å². The molecular weight excluding hydrogens is 576 g/mol. The molecule has 4 aliphatic rings. The van der Waals surface area contributed by atoms with E-state index in [4.69, 9.17) is 23.7 Å². The topological polar surface area (TPSA) is 188 Å². The Balaban J connectivity index is 1.46. The van der Waals surface area contributed by atoms with Gasteiger partial charge in [-0.05, 0) is 57.2 Å². The van der Waals surface area contributed by atoms with Gasteiger partial charge in [-0.2, -0.15) is 0 Å². The molecule has 1 aromatic rings. The maximum absolute atomic E-state index is 11.4. The van der Waals surface area contributed by atoms with Crippen LogP contribution in [0.4, 0.5) is 0 Å². The van der Waals surface area contributed by atoms with Gasteiger partial charge < -0.3 is 59.4 Å². The SMILES string of the molecule is CCCCCc1cc(O[C@@H]2O[C@H](CO)[C@@H](O)[C@H](O[C@@H]3O[C@H](CO)[C@@H](O)[C@H](O)[C@H]3O)[C@H]2O)c2c(c1)OC(C)(C)[C@@H]1CCC=C[C@@H]21. The minimum atomic E-state index is -1.76. The summed E-state index contributed by atoms with van der Waals surface area (Å²) in [5, 5.41) is 72.9. The highest BCUT2D eigenvalue weighted by Gasteiger charge is 2.52. The van der Waals surface area contributed by atoms with Gasteiger partial charge in [-0.25, -0.2) is 0 Å². The molecule has 3 aliphatic heterocycles. The molecule has 5 rings (SSSR count). The number of rotatable bonds is 10. The van der Waals surface area contributed by atoms with Gasteiger partial charge in [-0.1, -0.05) is 31.9 Å². The Hall–Kier alpha value is -1.84. The zero-order valence-corrected chi connectivity index (χ0v) is 25.6. The molecule has 1 aromatic carbocycles. The number of aryl methyl sites for hydroxylation is 1. The highest BCUT2D eigenvalue weighted by Crippen LogP contribution is 2.53. The van der Waals surface area contributed by atoms with Gasteiger partial charge in [0.2, 0.25) is 6.29 Å². The summed E-state index contributed by atoms with van der Waals surface area (Å²) in [6.07, 6.45) is -5.27. The summed E-state index contributed by atoms with van der Waals surface area (Å²) in [4.78, 5) is 0. The molecule has 12 nitrogen and oxygen atoms in total. The largest absolute Gasteiger partial charge is 0.487 e. The lowest BCUT2D eigenvalue weighted by molar-refractivity contribution is -0.352. The Morgan fingerprint density at radius 2 is 1.57 bits per heavy atom. The first-order valence-corrected chi connectivity index (χ1v) is 15.8. The lowest BCUT2D eigenvalue weighted by atomic mass is 9.69. The van der Waals surface area contributed by atoms with Gasteiger partial charge in [-0.3, -0.25) is 0 Å². The molecule has 0 bridgehead atoms. The molecule has 0 unspecified atom stereocenters. The first-order valence-electron chi connectivity index (χ1n) is 15.8. The van der Waals surface area contributed by atoms with Crippen molar-refractivity contribution in [1.29, 1.82) is 0 Å². The summed E-state index contributed by atoms with van der Waals surface area (Å²) in [6, 6.07) is 3.99. The third kappa shape index (κ3) is 6.52. The second kappa shape index (κ2) is 13.9. The summed E-state index contributed by atoms with van der Waals surface area (Å²) in [5.74, 6) is 1.32. The molecule has 3 heterocycles. The fraction of sp³-hybridized carbons (Fsp3) is 0.750. The maximum atomic E-state index is 11.4. The molecule has 7 N–H and O–H groups in total. The second-order valence-electron chi connectivity index (χ2n) is 12.9. The Kier molecular flexibility index (Phi) is 10.6. The van der Waals surface area contributed by atoms with Gasteiger partial charge in [0.1, 0.15) is 65.9 Å². The number of unbranched alkanes of at least 4 members (excludes halogenated alkanes) is 2. The number of fused-ring (bicyclic) bond motifs is 3. The van der Waals surface area contributed by atoms with Gasteiger partial charge in [0.05, 0.1) is 13.2 Å². The molecule has 44 heavy (non-hydrogen) atoms. The molecular formula is C32H48O12. The third-order valence-corrected chi connectivity index (χ3v) is 9.46. The van der Waals surface area contributed by atoms with Crippen molar-refractivity contribution in [1.82, 2.24) is 0 Å². The van der Waals surface area contributed by atoms with E-state index >= 15 is 0 Å². The number of allylic oxidation sites excluding steroid dienone is 2. The van der Waals surface area contributed by atoms with E-state index in [1.165, 1.54) is 0 Å². The second-order valence-corrected chi connectivity index (χ2v) is 12.9. The van der Waals surface area contributed by atoms with Crippen LogP contribution in [0.15, 0.2) is 24.3 Å². The van der Waals surface area contributed by atoms with Crippen LogP contribution in [0.25, 0.3) is 0 Å². The monoisotopic (exact) mass is 624 g/mol. The van der Waals surface area contributed by atoms with Crippen molar-refractivity contribution in [3.8, 4) is 11.5 Å². The van der Waals surface area contributed by atoms with E-state index in [2.05, 4.69) is 39.0 Å². The molecule has 0 radical (unpaired) electrons. The molecule has 0 aromatic heterocycles. The summed E-state index contributed by atoms with van der Waals surface area (Å²) in [7, 11) is 0. The molecule has 248 valence electrons. The predicted molar refractivity (Wildman–Crippen MR) is 156 cm³/mol. The van der Waals surface area contributed by atoms with Crippen molar-refractivity contribution in [2.45, 2.75) is 132 Å². The number of aliphatic hydroxyl groups is 7. The Labute approximate surface area is 257 Å². The van der Waals surface area contributed by atoms with Crippen LogP contribution >= 0.6 is 0 Å². The first kappa shape index (κ1) is 33.5. The zero-order valence-electron chi connectivity index (χ0n) is 25.6. The van der Waals surface area contributed by atoms with Crippen molar-refractivity contribution in [3.63, 3.8) is 0 Å². The smallest absolute Gasteiger partial charge is 0.229 e. The zero-order chi connectivity index (χ0) is 31.8. The first-order chi connectivity index (χ1) is 21.0. The van der Waals surface area contributed by atoms with Crippen molar-refractivity contribution in [2.24, 2.45) is 5.92 Å². The van der Waals surface area contributed by atoms with E-state index < -0.39 is 80.2 Å². The Bertz CT molecular complexity index is 1140. The summed E-state index contributed by atoms with van der Waals surface area (Å²) in [5.41, 5.74) is 1.41. The third-order valence-electron chi connectivity index (χ3n) is 9.46. The lowest BCUT2D eigenvalue weighted by Gasteiger charge is -2.47. The molecule has 0 saturated carbocycles. The summed E-state index contributed by atoms with van der Waals surface area (Å²) < 4.78 is 30.1. The van der Waals surface area contributed by atoms with Gasteiger partial charge in [0, 0.05) is 17.4 Å². The van der Waals surface area contributed by atoms with Crippen molar-refractivity contribution in [3.05, 3.63) is 35.4 Å². The fourth-order valence-corrected chi connectivity index (χ4v) is 6.93. The summed E-state index contributed by atoms with van der Waals surface area (Å²) in [6.45, 7) is 5.02. The minimum Gasteiger partial charge on any atom is -0.487 e. The van der Waals surface area contributed by atoms with E-state index in [0.29, 0.717) is 11.5 Å². The van der Waals surface area contributed by atoms with Crippen LogP contribution in [0.2, 0.25) is 0 Å². The average Bonchev–Trinajstić information content (AvgIpc) is 3.00. The molecule has 12 atom stereocenters. The van der Waals surface area contributed by atoms with Crippen LogP contribution in [0.3, 0.4) is 0 Å². The van der Waals surface area contributed by atoms with Crippen LogP contribution < -0.4 is 9.47 Å². The van der Waals surface area contributed by atoms with Crippen LogP contribution in [-0.2, 0) is 20.6 Å². The van der Waals surface area contributed by atoms with Crippen molar-refractivity contribution < 1.29 is 59.4 Å². The number of benzene rings is 1. The highest BCUT2D eigenvalue weighted by atomic mass is 16.7. The van der Waals surface area contributed by atoms with Gasteiger partial charge >= 0.3 is 0 Å². The quantitative estimate of drug-likeness (QED) is 0.142. The standard InChI is InChI=1S/C32H48O12/c1-4-5-6-9-16-12-19(23-17-10-7-8-11-18(17)32(2,3)44-20(23)13-16)40-31-28(39)29(25(36)22(15-34)42-31)43-30-27(38)26(37)24(35)21(14-33)41-30/h7,10,12-13,17-18,21-22,24-31,33-39H,4-6,8-9,11,14-15H2,1-3H3/t17-,18-,21-,22-,24-,25-,26+,27-,28-,29+,30+,31-/m1/s1. The molecule has 2 fully saturated rings. The van der Waals surface area contributed by atoms with Crippen molar-refractivity contribution >= 4 is 0 Å². The van der Waals surface area contributed by atoms with E-state index in [-0.39, 0.29) is 11.8 Å². The van der Waals surface area contributed by atoms with Gasteiger partial charge in [0.25, 0.3) is 0 Å². The van der Waals surface area contributed by atoms with E-state index in [9.17, 15) is 35.7 Å².